The van der Waals surface area contributed by atoms with E-state index < -0.39 is 0 Å². The molecule has 4 rings (SSSR count). The Bertz CT molecular complexity index is 1360. The molecule has 0 heterocycles. The number of hydrogen-bond acceptors (Lipinski definition) is 4. The maximum absolute atomic E-state index is 9.17. The molecular weight excluding hydrogens is 434 g/mol. The van der Waals surface area contributed by atoms with Crippen LogP contribution in [0.5, 0.6) is 11.5 Å². The number of hydrogen-bond donors (Lipinski definition) is 0. The third-order valence-electron chi connectivity index (χ3n) is 5.54. The van der Waals surface area contributed by atoms with Gasteiger partial charge in [-0.25, -0.2) is 4.85 Å². The van der Waals surface area contributed by atoms with E-state index >= 15 is 0 Å². The van der Waals surface area contributed by atoms with Gasteiger partial charge in [-0.3, -0.25) is 0 Å². The second kappa shape index (κ2) is 10.7. The van der Waals surface area contributed by atoms with Gasteiger partial charge in [-0.15, -0.1) is 0 Å². The smallest absolute Gasteiger partial charge is 0.194 e. The highest BCUT2D eigenvalue weighted by Crippen LogP contribution is 2.36. The van der Waals surface area contributed by atoms with Crippen LogP contribution in [-0.2, 0) is 0 Å². The van der Waals surface area contributed by atoms with E-state index in [1.165, 1.54) is 0 Å². The van der Waals surface area contributed by atoms with Gasteiger partial charge >= 0.3 is 0 Å². The molecule has 0 bridgehead atoms. The largest absolute Gasteiger partial charge is 0.497 e. The third kappa shape index (κ3) is 5.33. The second-order valence-corrected chi connectivity index (χ2v) is 7.65. The first-order valence-corrected chi connectivity index (χ1v) is 10.9. The van der Waals surface area contributed by atoms with Crippen LogP contribution >= 0.6 is 0 Å². The van der Waals surface area contributed by atoms with Gasteiger partial charge in [-0.05, 0) is 77.9 Å². The van der Waals surface area contributed by atoms with Crippen molar-refractivity contribution in [3.05, 3.63) is 119 Å². The standard InChI is InChI=1S/C30H23N3O2/c1-32-30-19-7-23(21-31)20-24(30)8-4-22-5-9-25(10-6-22)33(26-11-15-28(34-2)16-12-26)27-13-17-29(35-3)18-14-27/h4-20H,2-3H3. The van der Waals surface area contributed by atoms with Crippen molar-refractivity contribution in [2.45, 2.75) is 0 Å². The van der Waals surface area contributed by atoms with E-state index in [2.05, 4.69) is 27.9 Å². The van der Waals surface area contributed by atoms with Gasteiger partial charge in [0.1, 0.15) is 11.5 Å². The molecule has 4 aromatic carbocycles. The first-order chi connectivity index (χ1) is 17.1. The fraction of sp³-hybridized carbons (Fsp3) is 0.0667. The molecule has 0 unspecified atom stereocenters. The average Bonchev–Trinajstić information content (AvgIpc) is 2.93. The van der Waals surface area contributed by atoms with Crippen LogP contribution < -0.4 is 14.4 Å². The molecule has 0 aromatic heterocycles. The van der Waals surface area contributed by atoms with E-state index in [0.717, 1.165) is 39.7 Å². The lowest BCUT2D eigenvalue weighted by molar-refractivity contribution is 0.415. The summed E-state index contributed by atoms with van der Waals surface area (Å²) in [5.74, 6) is 1.59. The molecule has 0 radical (unpaired) electrons. The predicted octanol–water partition coefficient (Wildman–Crippen LogP) is 7.77. The van der Waals surface area contributed by atoms with Crippen molar-refractivity contribution in [2.75, 3.05) is 19.1 Å². The third-order valence-corrected chi connectivity index (χ3v) is 5.54. The molecule has 0 aliphatic carbocycles. The minimum Gasteiger partial charge on any atom is -0.497 e. The first kappa shape index (κ1) is 23.2. The van der Waals surface area contributed by atoms with Gasteiger partial charge in [0.15, 0.2) is 5.69 Å². The zero-order chi connectivity index (χ0) is 24.6. The minimum absolute atomic E-state index is 0.516. The molecular formula is C30H23N3O2. The number of nitriles is 1. The summed E-state index contributed by atoms with van der Waals surface area (Å²) >= 11 is 0. The van der Waals surface area contributed by atoms with Gasteiger partial charge in [0.2, 0.25) is 0 Å². The first-order valence-electron chi connectivity index (χ1n) is 10.9. The maximum Gasteiger partial charge on any atom is 0.194 e. The van der Waals surface area contributed by atoms with E-state index in [0.29, 0.717) is 11.3 Å². The van der Waals surface area contributed by atoms with E-state index in [9.17, 15) is 0 Å². The lowest BCUT2D eigenvalue weighted by Gasteiger charge is -2.26. The average molecular weight is 458 g/mol. The van der Waals surface area contributed by atoms with E-state index in [4.69, 9.17) is 21.3 Å². The fourth-order valence-corrected chi connectivity index (χ4v) is 3.69. The minimum atomic E-state index is 0.516. The molecule has 0 amide bonds. The lowest BCUT2D eigenvalue weighted by atomic mass is 10.1. The van der Waals surface area contributed by atoms with Crippen molar-refractivity contribution in [1.29, 1.82) is 5.26 Å². The molecule has 0 aliphatic rings. The van der Waals surface area contributed by atoms with Crippen LogP contribution in [0.15, 0.2) is 91.0 Å². The number of nitrogens with zero attached hydrogens (tertiary/aromatic N) is 3. The van der Waals surface area contributed by atoms with Crippen molar-refractivity contribution in [2.24, 2.45) is 0 Å². The molecule has 0 atom stereocenters. The van der Waals surface area contributed by atoms with Gasteiger partial charge in [0, 0.05) is 17.1 Å². The Morgan fingerprint density at radius 2 is 1.26 bits per heavy atom. The molecule has 35 heavy (non-hydrogen) atoms. The molecule has 0 saturated carbocycles. The lowest BCUT2D eigenvalue weighted by Crippen LogP contribution is -2.09. The highest BCUT2D eigenvalue weighted by atomic mass is 16.5. The Labute approximate surface area is 205 Å². The zero-order valence-electron chi connectivity index (χ0n) is 19.5. The summed E-state index contributed by atoms with van der Waals surface area (Å²) in [6.07, 6.45) is 3.81. The quantitative estimate of drug-likeness (QED) is 0.210. The molecule has 4 aromatic rings. The van der Waals surface area contributed by atoms with E-state index in [-0.39, 0.29) is 0 Å². The van der Waals surface area contributed by atoms with E-state index in [1.54, 1.807) is 32.4 Å². The molecule has 5 heteroatoms. The Morgan fingerprint density at radius 3 is 1.71 bits per heavy atom. The van der Waals surface area contributed by atoms with Gasteiger partial charge < -0.3 is 14.4 Å². The molecule has 5 nitrogen and oxygen atoms in total. The van der Waals surface area contributed by atoms with Crippen LogP contribution in [0.1, 0.15) is 16.7 Å². The summed E-state index contributed by atoms with van der Waals surface area (Å²) in [6.45, 7) is 7.37. The Morgan fingerprint density at radius 1 is 0.743 bits per heavy atom. The van der Waals surface area contributed by atoms with E-state index in [1.807, 2.05) is 72.8 Å². The maximum atomic E-state index is 9.17. The van der Waals surface area contributed by atoms with Crippen LogP contribution in [0.4, 0.5) is 22.7 Å². The number of ether oxygens (including phenoxy) is 2. The number of benzene rings is 4. The SMILES string of the molecule is [C-]#[N+]c1ccc(C#N)cc1C=Cc1ccc(N(c2ccc(OC)cc2)c2ccc(OC)cc2)cc1. The molecule has 0 spiro atoms. The highest BCUT2D eigenvalue weighted by molar-refractivity contribution is 5.80. The normalized spacial score (nSPS) is 10.4. The van der Waals surface area contributed by atoms with Crippen LogP contribution in [0.2, 0.25) is 0 Å². The topological polar surface area (TPSA) is 49.9 Å². The van der Waals surface area contributed by atoms with Crippen molar-refractivity contribution in [3.8, 4) is 17.6 Å². The summed E-state index contributed by atoms with van der Waals surface area (Å²) < 4.78 is 10.6. The zero-order valence-corrected chi connectivity index (χ0v) is 19.5. The molecule has 0 fully saturated rings. The number of methoxy groups -OCH3 is 2. The molecule has 0 aliphatic heterocycles. The summed E-state index contributed by atoms with van der Waals surface area (Å²) in [5.41, 5.74) is 5.73. The van der Waals surface area contributed by atoms with Gasteiger partial charge in [0.25, 0.3) is 0 Å². The highest BCUT2D eigenvalue weighted by Gasteiger charge is 2.13. The van der Waals surface area contributed by atoms with Gasteiger partial charge in [-0.2, -0.15) is 5.26 Å². The van der Waals surface area contributed by atoms with Crippen LogP contribution in [-0.4, -0.2) is 14.2 Å². The second-order valence-electron chi connectivity index (χ2n) is 7.65. The van der Waals surface area contributed by atoms with Crippen molar-refractivity contribution < 1.29 is 9.47 Å². The summed E-state index contributed by atoms with van der Waals surface area (Å²) in [6, 6.07) is 31.2. The number of anilines is 3. The van der Waals surface area contributed by atoms with Crippen molar-refractivity contribution in [1.82, 2.24) is 0 Å². The number of rotatable bonds is 7. The van der Waals surface area contributed by atoms with Crippen LogP contribution in [0.3, 0.4) is 0 Å². The summed E-state index contributed by atoms with van der Waals surface area (Å²) in [5, 5.41) is 9.17. The van der Waals surface area contributed by atoms with Gasteiger partial charge in [-0.1, -0.05) is 36.4 Å². The summed E-state index contributed by atoms with van der Waals surface area (Å²) in [4.78, 5) is 5.70. The Kier molecular flexibility index (Phi) is 7.11. The molecule has 0 N–H and O–H groups in total. The molecule has 170 valence electrons. The Balaban J connectivity index is 1.67. The van der Waals surface area contributed by atoms with Crippen LogP contribution in [0, 0.1) is 17.9 Å². The fourth-order valence-electron chi connectivity index (χ4n) is 3.69. The summed E-state index contributed by atoms with van der Waals surface area (Å²) in [7, 11) is 3.31. The van der Waals surface area contributed by atoms with Crippen molar-refractivity contribution >= 4 is 34.9 Å². The van der Waals surface area contributed by atoms with Gasteiger partial charge in [0.05, 0.1) is 32.4 Å². The Hall–Kier alpha value is -5.00. The van der Waals surface area contributed by atoms with Crippen molar-refractivity contribution in [3.63, 3.8) is 0 Å². The monoisotopic (exact) mass is 457 g/mol. The molecule has 0 saturated heterocycles. The predicted molar refractivity (Wildman–Crippen MR) is 141 cm³/mol. The van der Waals surface area contributed by atoms with Crippen LogP contribution in [0.25, 0.3) is 17.0 Å².